The topological polar surface area (TPSA) is 38.3 Å². The van der Waals surface area contributed by atoms with Crippen LogP contribution in [0.3, 0.4) is 0 Å². The zero-order chi connectivity index (χ0) is 25.4. The number of rotatable bonds is 10. The lowest BCUT2D eigenvalue weighted by Gasteiger charge is -2.21. The fraction of sp³-hybridized carbons (Fsp3) is 0.345. The summed E-state index contributed by atoms with van der Waals surface area (Å²) in [6.07, 6.45) is -3.39. The number of hydrogen-bond donors (Lipinski definition) is 1. The Morgan fingerprint density at radius 3 is 2.17 bits per heavy atom. The minimum Gasteiger partial charge on any atom is -0.486 e. The van der Waals surface area contributed by atoms with E-state index in [9.17, 15) is 18.0 Å². The SMILES string of the molecule is CC(C)Cc1cccc(C(C)C(=O)NCC[C@H](Oc2ccc(C(F)(F)F)cc2)c2ccccc2)c1. The van der Waals surface area contributed by atoms with Gasteiger partial charge in [0.15, 0.2) is 0 Å². The first-order valence-corrected chi connectivity index (χ1v) is 11.9. The molecule has 0 spiro atoms. The second kappa shape index (κ2) is 11.9. The Hall–Kier alpha value is -3.28. The largest absolute Gasteiger partial charge is 0.486 e. The normalized spacial score (nSPS) is 13.3. The molecule has 0 aliphatic rings. The molecule has 1 unspecified atom stereocenters. The molecule has 1 N–H and O–H groups in total. The van der Waals surface area contributed by atoms with E-state index < -0.39 is 17.8 Å². The van der Waals surface area contributed by atoms with Crippen molar-refractivity contribution in [2.75, 3.05) is 6.54 Å². The van der Waals surface area contributed by atoms with Crippen molar-refractivity contribution in [2.24, 2.45) is 5.92 Å². The molecular weight excluding hydrogens is 451 g/mol. The van der Waals surface area contributed by atoms with Crippen LogP contribution in [0.2, 0.25) is 0 Å². The minimum atomic E-state index is -4.40. The molecule has 186 valence electrons. The number of nitrogens with one attached hydrogen (secondary N) is 1. The zero-order valence-corrected chi connectivity index (χ0v) is 20.3. The molecule has 0 aromatic heterocycles. The zero-order valence-electron chi connectivity index (χ0n) is 20.3. The highest BCUT2D eigenvalue weighted by atomic mass is 19.4. The van der Waals surface area contributed by atoms with Crippen LogP contribution >= 0.6 is 0 Å². The number of ether oxygens (including phenoxy) is 1. The van der Waals surface area contributed by atoms with Crippen molar-refractivity contribution in [1.29, 1.82) is 0 Å². The fourth-order valence-electron chi connectivity index (χ4n) is 3.94. The number of carbonyl (C=O) groups excluding carboxylic acids is 1. The number of alkyl halides is 3. The molecule has 0 fully saturated rings. The summed E-state index contributed by atoms with van der Waals surface area (Å²) in [4.78, 5) is 12.8. The Kier molecular flexibility index (Phi) is 8.96. The molecule has 3 aromatic carbocycles. The second-order valence-corrected chi connectivity index (χ2v) is 9.18. The molecule has 0 radical (unpaired) electrons. The molecule has 0 aliphatic heterocycles. The van der Waals surface area contributed by atoms with Crippen LogP contribution in [0.15, 0.2) is 78.9 Å². The van der Waals surface area contributed by atoms with E-state index in [0.717, 1.165) is 29.7 Å². The van der Waals surface area contributed by atoms with Crippen LogP contribution in [0.4, 0.5) is 13.2 Å². The Morgan fingerprint density at radius 2 is 1.54 bits per heavy atom. The smallest absolute Gasteiger partial charge is 0.416 e. The van der Waals surface area contributed by atoms with E-state index in [1.54, 1.807) is 0 Å². The number of hydrogen-bond acceptors (Lipinski definition) is 2. The van der Waals surface area contributed by atoms with E-state index in [-0.39, 0.29) is 11.8 Å². The van der Waals surface area contributed by atoms with Crippen molar-refractivity contribution in [2.45, 2.75) is 51.8 Å². The Balaban J connectivity index is 1.63. The van der Waals surface area contributed by atoms with Gasteiger partial charge >= 0.3 is 6.18 Å². The summed E-state index contributed by atoms with van der Waals surface area (Å²) in [7, 11) is 0. The lowest BCUT2D eigenvalue weighted by atomic mass is 9.95. The van der Waals surface area contributed by atoms with Crippen molar-refractivity contribution in [3.05, 3.63) is 101 Å². The van der Waals surface area contributed by atoms with Gasteiger partial charge in [0, 0.05) is 13.0 Å². The van der Waals surface area contributed by atoms with Crippen LogP contribution in [0, 0.1) is 5.92 Å². The molecular formula is C29H32F3NO2. The van der Waals surface area contributed by atoms with Crippen LogP contribution in [-0.4, -0.2) is 12.5 Å². The molecule has 6 heteroatoms. The molecule has 0 aliphatic carbocycles. The Bertz CT molecular complexity index is 1080. The maximum Gasteiger partial charge on any atom is 0.416 e. The maximum absolute atomic E-state index is 12.9. The lowest BCUT2D eigenvalue weighted by molar-refractivity contribution is -0.137. The van der Waals surface area contributed by atoms with Gasteiger partial charge in [-0.2, -0.15) is 13.2 Å². The fourth-order valence-corrected chi connectivity index (χ4v) is 3.94. The highest BCUT2D eigenvalue weighted by Crippen LogP contribution is 2.32. The third-order valence-electron chi connectivity index (χ3n) is 5.83. The van der Waals surface area contributed by atoms with Gasteiger partial charge in [-0.05, 0) is 60.2 Å². The van der Waals surface area contributed by atoms with E-state index in [4.69, 9.17) is 4.74 Å². The van der Waals surface area contributed by atoms with Gasteiger partial charge in [0.2, 0.25) is 5.91 Å². The van der Waals surface area contributed by atoms with Gasteiger partial charge in [-0.15, -0.1) is 0 Å². The lowest BCUT2D eigenvalue weighted by Crippen LogP contribution is -2.30. The molecule has 35 heavy (non-hydrogen) atoms. The molecule has 0 saturated heterocycles. The van der Waals surface area contributed by atoms with Crippen molar-refractivity contribution in [3.8, 4) is 5.75 Å². The summed E-state index contributed by atoms with van der Waals surface area (Å²) in [5.41, 5.74) is 2.35. The molecule has 1 amide bonds. The summed E-state index contributed by atoms with van der Waals surface area (Å²) < 4.78 is 44.7. The van der Waals surface area contributed by atoms with Gasteiger partial charge in [-0.25, -0.2) is 0 Å². The van der Waals surface area contributed by atoms with Crippen LogP contribution in [0.5, 0.6) is 5.75 Å². The van der Waals surface area contributed by atoms with E-state index in [0.29, 0.717) is 24.6 Å². The van der Waals surface area contributed by atoms with Crippen LogP contribution in [0.25, 0.3) is 0 Å². The average Bonchev–Trinajstić information content (AvgIpc) is 2.83. The molecule has 0 saturated carbocycles. The predicted molar refractivity (Wildman–Crippen MR) is 132 cm³/mol. The van der Waals surface area contributed by atoms with Gasteiger partial charge in [-0.1, -0.05) is 68.4 Å². The average molecular weight is 484 g/mol. The molecule has 2 atom stereocenters. The first kappa shape index (κ1) is 26.3. The summed E-state index contributed by atoms with van der Waals surface area (Å²) in [6.45, 7) is 6.59. The van der Waals surface area contributed by atoms with E-state index in [1.165, 1.54) is 17.7 Å². The van der Waals surface area contributed by atoms with Gasteiger partial charge in [0.1, 0.15) is 11.9 Å². The molecule has 3 rings (SSSR count). The standard InChI is InChI=1S/C29H32F3NO2/c1-20(2)18-22-8-7-11-24(19-22)21(3)28(34)33-17-16-27(23-9-5-4-6-10-23)35-26-14-12-25(13-15-26)29(30,31)32/h4-15,19-21,27H,16-18H2,1-3H3,(H,33,34)/t21?,27-/m0/s1. The van der Waals surface area contributed by atoms with Gasteiger partial charge in [0.05, 0.1) is 11.5 Å². The van der Waals surface area contributed by atoms with Crippen molar-refractivity contribution in [3.63, 3.8) is 0 Å². The number of carbonyl (C=O) groups is 1. The van der Waals surface area contributed by atoms with E-state index in [2.05, 4.69) is 31.3 Å². The summed E-state index contributed by atoms with van der Waals surface area (Å²) in [5.74, 6) is 0.503. The number of benzene rings is 3. The molecule has 0 heterocycles. The van der Waals surface area contributed by atoms with Gasteiger partial charge in [0.25, 0.3) is 0 Å². The predicted octanol–water partition coefficient (Wildman–Crippen LogP) is 7.33. The number of halogens is 3. The van der Waals surface area contributed by atoms with Crippen molar-refractivity contribution in [1.82, 2.24) is 5.32 Å². The van der Waals surface area contributed by atoms with Crippen LogP contribution < -0.4 is 10.1 Å². The van der Waals surface area contributed by atoms with Crippen molar-refractivity contribution >= 4 is 5.91 Å². The van der Waals surface area contributed by atoms with E-state index in [1.807, 2.05) is 49.4 Å². The third kappa shape index (κ3) is 7.88. The molecule has 0 bridgehead atoms. The first-order chi connectivity index (χ1) is 16.6. The number of amides is 1. The Morgan fingerprint density at radius 1 is 0.886 bits per heavy atom. The minimum absolute atomic E-state index is 0.0759. The van der Waals surface area contributed by atoms with E-state index >= 15 is 0 Å². The Labute approximate surface area is 205 Å². The first-order valence-electron chi connectivity index (χ1n) is 11.9. The van der Waals surface area contributed by atoms with Crippen LogP contribution in [0.1, 0.15) is 61.5 Å². The molecule has 3 nitrogen and oxygen atoms in total. The monoisotopic (exact) mass is 483 g/mol. The summed E-state index contributed by atoms with van der Waals surface area (Å²) in [6, 6.07) is 22.2. The third-order valence-corrected chi connectivity index (χ3v) is 5.83. The van der Waals surface area contributed by atoms with Crippen LogP contribution in [-0.2, 0) is 17.4 Å². The highest BCUT2D eigenvalue weighted by molar-refractivity contribution is 5.83. The van der Waals surface area contributed by atoms with Gasteiger partial charge in [-0.3, -0.25) is 4.79 Å². The summed E-state index contributed by atoms with van der Waals surface area (Å²) >= 11 is 0. The highest BCUT2D eigenvalue weighted by Gasteiger charge is 2.30. The van der Waals surface area contributed by atoms with Crippen molar-refractivity contribution < 1.29 is 22.7 Å². The second-order valence-electron chi connectivity index (χ2n) is 9.18. The summed E-state index contributed by atoms with van der Waals surface area (Å²) in [5, 5.41) is 2.99. The molecule has 3 aromatic rings. The van der Waals surface area contributed by atoms with Gasteiger partial charge < -0.3 is 10.1 Å². The quantitative estimate of drug-likeness (QED) is 0.328. The maximum atomic E-state index is 12.9.